The fourth-order valence-corrected chi connectivity index (χ4v) is 3.52. The lowest BCUT2D eigenvalue weighted by Gasteiger charge is -2.28. The molecule has 0 saturated carbocycles. The number of para-hydroxylation sites is 1. The van der Waals surface area contributed by atoms with Gasteiger partial charge >= 0.3 is 0 Å². The maximum atomic E-state index is 13.0. The summed E-state index contributed by atoms with van der Waals surface area (Å²) in [6, 6.07) is 15.8. The highest BCUT2D eigenvalue weighted by atomic mass is 35.5. The Morgan fingerprint density at radius 2 is 1.84 bits per heavy atom. The summed E-state index contributed by atoms with van der Waals surface area (Å²) in [7, 11) is 0. The number of nitrogens with zero attached hydrogens (tertiary/aromatic N) is 1. The standard InChI is InChI=1S/C22H13ClN2O5S/c23-17-8-6-12(21(28)29)10-15(17)18-9-7-14(30-18)11-16-19(26)24-22(31)25(20(16)27)13-4-2-1-3-5-13/h1-11H,(H,28,29)(H,24,26,31)/p-1/b16-11-. The van der Waals surface area contributed by atoms with Crippen molar-refractivity contribution in [2.24, 2.45) is 0 Å². The maximum absolute atomic E-state index is 13.0. The molecule has 1 aliphatic heterocycles. The smallest absolute Gasteiger partial charge is 0.270 e. The molecule has 7 nitrogen and oxygen atoms in total. The Bertz CT molecular complexity index is 1270. The molecule has 2 aromatic carbocycles. The molecule has 31 heavy (non-hydrogen) atoms. The first-order valence-corrected chi connectivity index (χ1v) is 9.71. The van der Waals surface area contributed by atoms with Crippen LogP contribution in [0.5, 0.6) is 0 Å². The summed E-state index contributed by atoms with van der Waals surface area (Å²) in [5.41, 5.74) is 0.603. The van der Waals surface area contributed by atoms with E-state index >= 15 is 0 Å². The fourth-order valence-electron chi connectivity index (χ4n) is 3.03. The topological polar surface area (TPSA) is 103 Å². The fraction of sp³-hybridized carbons (Fsp3) is 0. The quantitative estimate of drug-likeness (QED) is 0.372. The number of carbonyl (C=O) groups excluding carboxylic acids is 3. The first kappa shape index (κ1) is 20.5. The van der Waals surface area contributed by atoms with Crippen molar-refractivity contribution in [3.05, 3.63) is 82.6 Å². The monoisotopic (exact) mass is 451 g/mol. The van der Waals surface area contributed by atoms with Gasteiger partial charge in [0.15, 0.2) is 5.11 Å². The van der Waals surface area contributed by atoms with Gasteiger partial charge in [-0.3, -0.25) is 19.8 Å². The van der Waals surface area contributed by atoms with Crippen molar-refractivity contribution in [2.45, 2.75) is 0 Å². The van der Waals surface area contributed by atoms with Crippen LogP contribution in [-0.2, 0) is 9.59 Å². The zero-order valence-electron chi connectivity index (χ0n) is 15.6. The predicted octanol–water partition coefficient (Wildman–Crippen LogP) is 2.79. The zero-order valence-corrected chi connectivity index (χ0v) is 17.2. The van der Waals surface area contributed by atoms with E-state index in [9.17, 15) is 19.5 Å². The summed E-state index contributed by atoms with van der Waals surface area (Å²) in [6.07, 6.45) is 1.29. The number of aromatic carboxylic acids is 1. The van der Waals surface area contributed by atoms with Crippen LogP contribution in [0.25, 0.3) is 17.4 Å². The number of amides is 2. The molecule has 0 radical (unpaired) electrons. The van der Waals surface area contributed by atoms with Gasteiger partial charge in [-0.1, -0.05) is 35.9 Å². The Labute approximate surface area is 186 Å². The average molecular weight is 452 g/mol. The van der Waals surface area contributed by atoms with Gasteiger partial charge in [-0.2, -0.15) is 0 Å². The molecule has 0 aliphatic carbocycles. The first-order chi connectivity index (χ1) is 14.8. The molecule has 2 heterocycles. The summed E-state index contributed by atoms with van der Waals surface area (Å²) < 4.78 is 5.69. The van der Waals surface area contributed by atoms with Gasteiger partial charge in [0.2, 0.25) is 0 Å². The second-order valence-electron chi connectivity index (χ2n) is 6.48. The van der Waals surface area contributed by atoms with Crippen molar-refractivity contribution in [1.82, 2.24) is 5.32 Å². The summed E-state index contributed by atoms with van der Waals surface area (Å²) in [4.78, 5) is 37.7. The summed E-state index contributed by atoms with van der Waals surface area (Å²) in [6.45, 7) is 0. The van der Waals surface area contributed by atoms with Gasteiger partial charge in [-0.15, -0.1) is 0 Å². The SMILES string of the molecule is O=C1NC(=S)N(c2ccccc2)C(=O)/C1=C\c1ccc(-c2cc(C(=O)[O-])ccc2Cl)o1. The molecule has 1 fully saturated rings. The van der Waals surface area contributed by atoms with Crippen LogP contribution in [0.3, 0.4) is 0 Å². The lowest BCUT2D eigenvalue weighted by Crippen LogP contribution is -2.54. The number of furan rings is 1. The van der Waals surface area contributed by atoms with Gasteiger partial charge in [-0.05, 0) is 60.3 Å². The largest absolute Gasteiger partial charge is 0.545 e. The van der Waals surface area contributed by atoms with Gasteiger partial charge in [-0.25, -0.2) is 0 Å². The van der Waals surface area contributed by atoms with Gasteiger partial charge in [0, 0.05) is 5.56 Å². The van der Waals surface area contributed by atoms with Crippen molar-refractivity contribution < 1.29 is 23.9 Å². The molecule has 4 rings (SSSR count). The van der Waals surface area contributed by atoms with Crippen LogP contribution in [0, 0.1) is 0 Å². The second kappa shape index (κ2) is 8.17. The van der Waals surface area contributed by atoms with Crippen molar-refractivity contribution in [1.29, 1.82) is 0 Å². The molecule has 1 aromatic heterocycles. The number of anilines is 1. The Hall–Kier alpha value is -3.75. The van der Waals surface area contributed by atoms with Gasteiger partial charge in [0.25, 0.3) is 11.8 Å². The number of carboxylic acid groups (broad SMARTS) is 1. The number of carbonyl (C=O) groups is 3. The number of benzene rings is 2. The minimum Gasteiger partial charge on any atom is -0.545 e. The highest BCUT2D eigenvalue weighted by Gasteiger charge is 2.34. The molecule has 3 aromatic rings. The first-order valence-electron chi connectivity index (χ1n) is 8.93. The van der Waals surface area contributed by atoms with E-state index < -0.39 is 17.8 Å². The number of nitrogens with one attached hydrogen (secondary N) is 1. The third-order valence-corrected chi connectivity index (χ3v) is 5.11. The zero-order chi connectivity index (χ0) is 22.1. The van der Waals surface area contributed by atoms with E-state index in [0.717, 1.165) is 0 Å². The molecule has 0 bridgehead atoms. The molecule has 0 unspecified atom stereocenters. The van der Waals surface area contributed by atoms with Crippen LogP contribution in [0.1, 0.15) is 16.1 Å². The van der Waals surface area contributed by atoms with Gasteiger partial charge < -0.3 is 14.3 Å². The second-order valence-corrected chi connectivity index (χ2v) is 7.27. The van der Waals surface area contributed by atoms with Crippen LogP contribution in [-0.4, -0.2) is 22.9 Å². The summed E-state index contributed by atoms with van der Waals surface area (Å²) >= 11 is 11.3. The Balaban J connectivity index is 1.69. The minimum atomic E-state index is -1.35. The molecule has 154 valence electrons. The van der Waals surface area contributed by atoms with E-state index in [4.69, 9.17) is 28.2 Å². The van der Waals surface area contributed by atoms with Crippen molar-refractivity contribution in [2.75, 3.05) is 4.90 Å². The number of halogens is 1. The van der Waals surface area contributed by atoms with Gasteiger partial charge in [0.1, 0.15) is 17.1 Å². The normalized spacial score (nSPS) is 15.3. The molecule has 1 saturated heterocycles. The maximum Gasteiger partial charge on any atom is 0.270 e. The molecule has 0 spiro atoms. The molecular weight excluding hydrogens is 440 g/mol. The van der Waals surface area contributed by atoms with Crippen LogP contribution in [0.15, 0.2) is 70.7 Å². The van der Waals surface area contributed by atoms with Crippen LogP contribution >= 0.6 is 23.8 Å². The Kier molecular flexibility index (Phi) is 5.41. The molecule has 0 atom stereocenters. The molecule has 1 N–H and O–H groups in total. The van der Waals surface area contributed by atoms with Crippen LogP contribution in [0.4, 0.5) is 5.69 Å². The molecule has 1 aliphatic rings. The van der Waals surface area contributed by atoms with E-state index in [1.807, 2.05) is 0 Å². The molecule has 9 heteroatoms. The van der Waals surface area contributed by atoms with E-state index in [1.165, 1.54) is 35.2 Å². The Morgan fingerprint density at radius 3 is 2.55 bits per heavy atom. The van der Waals surface area contributed by atoms with Gasteiger partial charge in [0.05, 0.1) is 16.7 Å². The minimum absolute atomic E-state index is 0.0237. The number of rotatable bonds is 4. The summed E-state index contributed by atoms with van der Waals surface area (Å²) in [5, 5.41) is 13.9. The number of hydrogen-bond acceptors (Lipinski definition) is 6. The van der Waals surface area contributed by atoms with Crippen molar-refractivity contribution >= 4 is 58.5 Å². The molecule has 2 amide bonds. The summed E-state index contributed by atoms with van der Waals surface area (Å²) in [5.74, 6) is -2.15. The van der Waals surface area contributed by atoms with Crippen molar-refractivity contribution in [3.8, 4) is 11.3 Å². The third-order valence-electron chi connectivity index (χ3n) is 4.50. The van der Waals surface area contributed by atoms with E-state index in [0.29, 0.717) is 11.3 Å². The molecular formula is C22H12ClN2O5S-. The van der Waals surface area contributed by atoms with E-state index in [-0.39, 0.29) is 32.8 Å². The lowest BCUT2D eigenvalue weighted by atomic mass is 10.1. The number of carboxylic acids is 1. The Morgan fingerprint density at radius 1 is 1.10 bits per heavy atom. The average Bonchev–Trinajstić information content (AvgIpc) is 3.20. The highest BCUT2D eigenvalue weighted by molar-refractivity contribution is 7.80. The number of hydrogen-bond donors (Lipinski definition) is 1. The predicted molar refractivity (Wildman–Crippen MR) is 116 cm³/mol. The van der Waals surface area contributed by atoms with E-state index in [2.05, 4.69) is 5.32 Å². The van der Waals surface area contributed by atoms with Crippen LogP contribution < -0.4 is 15.3 Å². The van der Waals surface area contributed by atoms with Crippen molar-refractivity contribution in [3.63, 3.8) is 0 Å². The third kappa shape index (κ3) is 3.98. The lowest BCUT2D eigenvalue weighted by molar-refractivity contribution is -0.255. The highest BCUT2D eigenvalue weighted by Crippen LogP contribution is 2.31. The van der Waals surface area contributed by atoms with E-state index in [1.54, 1.807) is 36.4 Å². The van der Waals surface area contributed by atoms with Crippen LogP contribution in [0.2, 0.25) is 5.02 Å². The number of thiocarbonyl (C=S) groups is 1.